The van der Waals surface area contributed by atoms with Gasteiger partial charge in [0.05, 0.1) is 19.2 Å². The third-order valence-electron chi connectivity index (χ3n) is 2.66. The summed E-state index contributed by atoms with van der Waals surface area (Å²) in [6.07, 6.45) is 5.60. The zero-order valence-electron chi connectivity index (χ0n) is 7.34. The average Bonchev–Trinajstić information content (AvgIpc) is 2.16. The van der Waals surface area contributed by atoms with Crippen LogP contribution in [0.15, 0.2) is 0 Å². The smallest absolute Gasteiger partial charge is 0.0845 e. The van der Waals surface area contributed by atoms with E-state index < -0.39 is 0 Å². The number of hydrogen-bond acceptors (Lipinski definition) is 3. The fourth-order valence-corrected chi connectivity index (χ4v) is 1.85. The van der Waals surface area contributed by atoms with Crippen LogP contribution >= 0.6 is 0 Å². The molecule has 0 bridgehead atoms. The van der Waals surface area contributed by atoms with E-state index in [9.17, 15) is 5.11 Å². The molecule has 0 unspecified atom stereocenters. The van der Waals surface area contributed by atoms with Gasteiger partial charge in [0, 0.05) is 5.54 Å². The first kappa shape index (κ1) is 9.50. The molecule has 1 aliphatic rings. The van der Waals surface area contributed by atoms with Crippen LogP contribution in [0.5, 0.6) is 0 Å². The monoisotopic (exact) mass is 168 g/mol. The predicted octanol–water partition coefficient (Wildman–Crippen LogP) is 0.795. The minimum atomic E-state index is -0.145. The van der Waals surface area contributed by atoms with E-state index in [0.717, 1.165) is 12.8 Å². The first-order chi connectivity index (χ1) is 5.83. The molecule has 3 heteroatoms. The van der Waals surface area contributed by atoms with Crippen LogP contribution in [0.25, 0.3) is 0 Å². The fraction of sp³-hybridized carbons (Fsp3) is 0.889. The van der Waals surface area contributed by atoms with E-state index in [-0.39, 0.29) is 12.1 Å². The van der Waals surface area contributed by atoms with Crippen molar-refractivity contribution in [1.82, 2.24) is 5.32 Å². The minimum Gasteiger partial charge on any atom is -0.394 e. The molecule has 0 spiro atoms. The highest BCUT2D eigenvalue weighted by Gasteiger charge is 2.30. The molecular weight excluding hydrogens is 152 g/mol. The summed E-state index contributed by atoms with van der Waals surface area (Å²) in [5.74, 6) is 0. The molecule has 1 saturated carbocycles. The van der Waals surface area contributed by atoms with Gasteiger partial charge in [-0.25, -0.2) is 0 Å². The molecule has 3 nitrogen and oxygen atoms in total. The van der Waals surface area contributed by atoms with E-state index in [0.29, 0.717) is 6.54 Å². The maximum absolute atomic E-state index is 9.20. The quantitative estimate of drug-likeness (QED) is 0.613. The maximum Gasteiger partial charge on any atom is 0.0845 e. The molecule has 0 radical (unpaired) electrons. The number of hydrogen-bond donors (Lipinski definition) is 2. The summed E-state index contributed by atoms with van der Waals surface area (Å²) in [6, 6.07) is 2.05. The average molecular weight is 168 g/mol. The Labute approximate surface area is 73.4 Å². The van der Waals surface area contributed by atoms with Gasteiger partial charge in [-0.3, -0.25) is 5.32 Å². The van der Waals surface area contributed by atoms with Gasteiger partial charge in [-0.15, -0.1) is 0 Å². The summed E-state index contributed by atoms with van der Waals surface area (Å²) in [6.45, 7) is 0.509. The summed E-state index contributed by atoms with van der Waals surface area (Å²) >= 11 is 0. The predicted molar refractivity (Wildman–Crippen MR) is 46.5 cm³/mol. The lowest BCUT2D eigenvalue weighted by Gasteiger charge is -2.35. The number of nitrogens with zero attached hydrogens (tertiary/aromatic N) is 1. The van der Waals surface area contributed by atoms with Gasteiger partial charge in [0.1, 0.15) is 0 Å². The van der Waals surface area contributed by atoms with Crippen LogP contribution in [-0.2, 0) is 0 Å². The Morgan fingerprint density at radius 2 is 2.00 bits per heavy atom. The highest BCUT2D eigenvalue weighted by Crippen LogP contribution is 2.27. The molecule has 0 aromatic heterocycles. The van der Waals surface area contributed by atoms with Crippen LogP contribution < -0.4 is 5.32 Å². The zero-order valence-corrected chi connectivity index (χ0v) is 7.34. The Morgan fingerprint density at radius 1 is 1.33 bits per heavy atom. The molecule has 0 heterocycles. The Hall–Kier alpha value is -0.590. The van der Waals surface area contributed by atoms with Crippen molar-refractivity contribution in [3.8, 4) is 6.07 Å². The topological polar surface area (TPSA) is 56.0 Å². The van der Waals surface area contributed by atoms with Crippen LogP contribution in [0.1, 0.15) is 32.1 Å². The van der Waals surface area contributed by atoms with Crippen molar-refractivity contribution in [2.75, 3.05) is 13.2 Å². The standard InChI is InChI=1S/C9H16N2O/c10-6-7-11-9(8-12)4-2-1-3-5-9/h11-12H,1-5,7-8H2. The van der Waals surface area contributed by atoms with E-state index in [1.807, 2.05) is 0 Å². The number of nitriles is 1. The molecule has 12 heavy (non-hydrogen) atoms. The Kier molecular flexibility index (Phi) is 3.51. The summed E-state index contributed by atoms with van der Waals surface area (Å²) in [4.78, 5) is 0. The van der Waals surface area contributed by atoms with Gasteiger partial charge in [-0.05, 0) is 12.8 Å². The Bertz CT molecular complexity index is 168. The SMILES string of the molecule is N#CCNC1(CO)CCCCC1. The van der Waals surface area contributed by atoms with Gasteiger partial charge in [0.15, 0.2) is 0 Å². The summed E-state index contributed by atoms with van der Waals surface area (Å²) in [5.41, 5.74) is -0.145. The molecule has 0 aliphatic heterocycles. The van der Waals surface area contributed by atoms with E-state index in [2.05, 4.69) is 11.4 Å². The van der Waals surface area contributed by atoms with Crippen LogP contribution in [0.4, 0.5) is 0 Å². The van der Waals surface area contributed by atoms with Crippen molar-refractivity contribution in [3.63, 3.8) is 0 Å². The number of nitrogens with one attached hydrogen (secondary N) is 1. The largest absolute Gasteiger partial charge is 0.394 e. The normalized spacial score (nSPS) is 21.7. The third kappa shape index (κ3) is 2.20. The van der Waals surface area contributed by atoms with Gasteiger partial charge in [0.2, 0.25) is 0 Å². The van der Waals surface area contributed by atoms with Crippen LogP contribution in [0.3, 0.4) is 0 Å². The molecule has 0 amide bonds. The van der Waals surface area contributed by atoms with E-state index in [4.69, 9.17) is 5.26 Å². The van der Waals surface area contributed by atoms with Gasteiger partial charge in [-0.2, -0.15) is 5.26 Å². The highest BCUT2D eigenvalue weighted by atomic mass is 16.3. The molecule has 2 N–H and O–H groups in total. The van der Waals surface area contributed by atoms with Crippen molar-refractivity contribution < 1.29 is 5.11 Å². The maximum atomic E-state index is 9.20. The highest BCUT2D eigenvalue weighted by molar-refractivity contribution is 4.93. The Balaban J connectivity index is 2.43. The Morgan fingerprint density at radius 3 is 2.50 bits per heavy atom. The van der Waals surface area contributed by atoms with Gasteiger partial charge in [-0.1, -0.05) is 19.3 Å². The van der Waals surface area contributed by atoms with Crippen LogP contribution in [-0.4, -0.2) is 23.8 Å². The minimum absolute atomic E-state index is 0.145. The first-order valence-corrected chi connectivity index (χ1v) is 4.56. The molecule has 1 rings (SSSR count). The molecule has 0 aromatic carbocycles. The lowest BCUT2D eigenvalue weighted by atomic mass is 9.82. The third-order valence-corrected chi connectivity index (χ3v) is 2.66. The van der Waals surface area contributed by atoms with Gasteiger partial charge >= 0.3 is 0 Å². The molecule has 68 valence electrons. The van der Waals surface area contributed by atoms with Crippen LogP contribution in [0, 0.1) is 11.3 Å². The lowest BCUT2D eigenvalue weighted by Crippen LogP contribution is -2.49. The van der Waals surface area contributed by atoms with Gasteiger partial charge in [0.25, 0.3) is 0 Å². The summed E-state index contributed by atoms with van der Waals surface area (Å²) in [7, 11) is 0. The molecule has 0 saturated heterocycles. The van der Waals surface area contributed by atoms with Crippen molar-refractivity contribution in [2.24, 2.45) is 0 Å². The van der Waals surface area contributed by atoms with E-state index in [1.54, 1.807) is 0 Å². The van der Waals surface area contributed by atoms with Crippen molar-refractivity contribution >= 4 is 0 Å². The van der Waals surface area contributed by atoms with Crippen LogP contribution in [0.2, 0.25) is 0 Å². The molecule has 0 aromatic rings. The second-order valence-electron chi connectivity index (χ2n) is 3.51. The van der Waals surface area contributed by atoms with Gasteiger partial charge < -0.3 is 5.11 Å². The summed E-state index contributed by atoms with van der Waals surface area (Å²) in [5, 5.41) is 20.7. The molecule has 1 aliphatic carbocycles. The fourth-order valence-electron chi connectivity index (χ4n) is 1.85. The molecule has 1 fully saturated rings. The van der Waals surface area contributed by atoms with Crippen molar-refractivity contribution in [3.05, 3.63) is 0 Å². The zero-order chi connectivity index (χ0) is 8.86. The lowest BCUT2D eigenvalue weighted by molar-refractivity contribution is 0.125. The summed E-state index contributed by atoms with van der Waals surface area (Å²) < 4.78 is 0. The van der Waals surface area contributed by atoms with Crippen molar-refractivity contribution in [1.29, 1.82) is 5.26 Å². The van der Waals surface area contributed by atoms with E-state index in [1.165, 1.54) is 19.3 Å². The van der Waals surface area contributed by atoms with Crippen molar-refractivity contribution in [2.45, 2.75) is 37.6 Å². The molecule has 0 atom stereocenters. The molecular formula is C9H16N2O. The number of aliphatic hydroxyl groups excluding tert-OH is 1. The number of aliphatic hydroxyl groups is 1. The second kappa shape index (κ2) is 4.44. The number of rotatable bonds is 3. The second-order valence-corrected chi connectivity index (χ2v) is 3.51. The first-order valence-electron chi connectivity index (χ1n) is 4.56. The van der Waals surface area contributed by atoms with E-state index >= 15 is 0 Å².